The molecular formula is C17H22N2O4. The minimum Gasteiger partial charge on any atom is -0.510 e. The molecule has 6 nitrogen and oxygen atoms in total. The summed E-state index contributed by atoms with van der Waals surface area (Å²) in [5.74, 6) is 1.33. The van der Waals surface area contributed by atoms with Gasteiger partial charge in [0.2, 0.25) is 0 Å². The summed E-state index contributed by atoms with van der Waals surface area (Å²) in [7, 11) is 3.20. The number of carbonyl (C=O) groups excluding carboxylic acids is 1. The number of benzene rings is 1. The second kappa shape index (κ2) is 5.77. The molecule has 0 radical (unpaired) electrons. The average molecular weight is 318 g/mol. The first kappa shape index (κ1) is 15.7. The van der Waals surface area contributed by atoms with Crippen molar-refractivity contribution in [1.82, 2.24) is 10.0 Å². The third-order valence-electron chi connectivity index (χ3n) is 4.78. The van der Waals surface area contributed by atoms with Gasteiger partial charge in [-0.1, -0.05) is 0 Å². The minimum absolute atomic E-state index is 0.151. The van der Waals surface area contributed by atoms with Crippen molar-refractivity contribution in [3.8, 4) is 11.5 Å². The summed E-state index contributed by atoms with van der Waals surface area (Å²) in [5.41, 5.74) is 0.402. The van der Waals surface area contributed by atoms with E-state index >= 15 is 0 Å². The van der Waals surface area contributed by atoms with Crippen molar-refractivity contribution in [2.24, 2.45) is 0 Å². The Morgan fingerprint density at radius 2 is 2.09 bits per heavy atom. The molecule has 1 N–H and O–H groups in total. The van der Waals surface area contributed by atoms with Gasteiger partial charge in [0, 0.05) is 24.3 Å². The number of carbonyl (C=O) groups is 1. The van der Waals surface area contributed by atoms with E-state index in [2.05, 4.69) is 0 Å². The monoisotopic (exact) mass is 318 g/mol. The molecule has 1 amide bonds. The summed E-state index contributed by atoms with van der Waals surface area (Å²) >= 11 is 0. The van der Waals surface area contributed by atoms with Crippen LogP contribution in [0.3, 0.4) is 0 Å². The predicted octanol–water partition coefficient (Wildman–Crippen LogP) is 2.26. The molecule has 0 aliphatic carbocycles. The molecular weight excluding hydrogens is 296 g/mol. The van der Waals surface area contributed by atoms with E-state index in [1.807, 2.05) is 24.1 Å². The minimum atomic E-state index is -0.492. The van der Waals surface area contributed by atoms with Crippen LogP contribution in [-0.4, -0.2) is 47.3 Å². The topological polar surface area (TPSA) is 62.2 Å². The van der Waals surface area contributed by atoms with Crippen LogP contribution in [-0.2, 0) is 11.3 Å². The van der Waals surface area contributed by atoms with Crippen LogP contribution < -0.4 is 9.47 Å². The molecule has 2 heterocycles. The van der Waals surface area contributed by atoms with E-state index < -0.39 is 5.54 Å². The summed E-state index contributed by atoms with van der Waals surface area (Å²) in [6, 6.07) is 5.56. The summed E-state index contributed by atoms with van der Waals surface area (Å²) in [6.07, 6.45) is 3.11. The zero-order chi connectivity index (χ0) is 16.6. The molecule has 23 heavy (non-hydrogen) atoms. The van der Waals surface area contributed by atoms with Crippen LogP contribution in [0, 0.1) is 0 Å². The van der Waals surface area contributed by atoms with Crippen molar-refractivity contribution >= 4 is 5.91 Å². The van der Waals surface area contributed by atoms with Crippen molar-refractivity contribution in [2.75, 3.05) is 20.8 Å². The van der Waals surface area contributed by atoms with Crippen molar-refractivity contribution in [3.05, 3.63) is 35.6 Å². The molecule has 0 bridgehead atoms. The van der Waals surface area contributed by atoms with Gasteiger partial charge in [-0.2, -0.15) is 0 Å². The smallest absolute Gasteiger partial charge is 0.264 e. The largest absolute Gasteiger partial charge is 0.510 e. The maximum atomic E-state index is 12.4. The van der Waals surface area contributed by atoms with Crippen LogP contribution >= 0.6 is 0 Å². The lowest BCUT2D eigenvalue weighted by Crippen LogP contribution is -2.57. The van der Waals surface area contributed by atoms with Gasteiger partial charge >= 0.3 is 0 Å². The van der Waals surface area contributed by atoms with Gasteiger partial charge in [-0.05, 0) is 31.9 Å². The number of amides is 1. The fourth-order valence-electron chi connectivity index (χ4n) is 3.37. The lowest BCUT2D eigenvalue weighted by molar-refractivity contribution is -0.157. The first-order valence-corrected chi connectivity index (χ1v) is 7.70. The number of fused-ring (bicyclic) bond motifs is 1. The van der Waals surface area contributed by atoms with Crippen LogP contribution in [0.15, 0.2) is 30.0 Å². The number of hydrogen-bond acceptors (Lipinski definition) is 5. The van der Waals surface area contributed by atoms with E-state index in [0.29, 0.717) is 18.0 Å². The zero-order valence-corrected chi connectivity index (χ0v) is 13.7. The standard InChI is InChI=1S/C17H22N2O4/c1-17-7-4-8-19(17)18(16(21)10-15(17)20)11-12-5-6-13(22-2)9-14(12)23-3/h5-6,9-10,20H,4,7-8,11H2,1-3H3/t17-/m1/s1. The molecule has 2 aliphatic rings. The fourth-order valence-corrected chi connectivity index (χ4v) is 3.37. The summed E-state index contributed by atoms with van der Waals surface area (Å²) in [5, 5.41) is 13.9. The lowest BCUT2D eigenvalue weighted by Gasteiger charge is -2.44. The van der Waals surface area contributed by atoms with Crippen LogP contribution in [0.4, 0.5) is 0 Å². The Kier molecular flexibility index (Phi) is 3.93. The molecule has 1 aromatic carbocycles. The molecule has 3 rings (SSSR count). The summed E-state index contributed by atoms with van der Waals surface area (Å²) < 4.78 is 10.6. The highest BCUT2D eigenvalue weighted by atomic mass is 16.5. The third-order valence-corrected chi connectivity index (χ3v) is 4.78. The van der Waals surface area contributed by atoms with Crippen LogP contribution in [0.2, 0.25) is 0 Å². The molecule has 2 aliphatic heterocycles. The molecule has 124 valence electrons. The quantitative estimate of drug-likeness (QED) is 0.922. The van der Waals surface area contributed by atoms with Gasteiger partial charge in [0.25, 0.3) is 5.91 Å². The van der Waals surface area contributed by atoms with Gasteiger partial charge in [-0.3, -0.25) is 9.80 Å². The maximum absolute atomic E-state index is 12.4. The molecule has 1 atom stereocenters. The second-order valence-electron chi connectivity index (χ2n) is 6.10. The van der Waals surface area contributed by atoms with Gasteiger partial charge < -0.3 is 14.6 Å². The number of hydrazine groups is 1. The molecule has 6 heteroatoms. The summed E-state index contributed by atoms with van der Waals surface area (Å²) in [4.78, 5) is 12.4. The number of hydrogen-bond donors (Lipinski definition) is 1. The highest BCUT2D eigenvalue weighted by Crippen LogP contribution is 2.39. The van der Waals surface area contributed by atoms with Crippen LogP contribution in [0.1, 0.15) is 25.3 Å². The number of aliphatic hydroxyl groups excluding tert-OH is 1. The van der Waals surface area contributed by atoms with Gasteiger partial charge in [0.05, 0.1) is 26.3 Å². The number of ether oxygens (including phenoxy) is 2. The molecule has 0 unspecified atom stereocenters. The van der Waals surface area contributed by atoms with Crippen molar-refractivity contribution in [3.63, 3.8) is 0 Å². The Balaban J connectivity index is 1.92. The molecule has 0 aromatic heterocycles. The average Bonchev–Trinajstić information content (AvgIpc) is 2.95. The molecule has 1 fully saturated rings. The first-order chi connectivity index (χ1) is 11.0. The Morgan fingerprint density at radius 3 is 2.78 bits per heavy atom. The normalized spacial score (nSPS) is 24.4. The van der Waals surface area contributed by atoms with E-state index in [-0.39, 0.29) is 11.7 Å². The van der Waals surface area contributed by atoms with Gasteiger partial charge in [0.1, 0.15) is 17.3 Å². The van der Waals surface area contributed by atoms with Gasteiger partial charge in [-0.15, -0.1) is 0 Å². The summed E-state index contributed by atoms with van der Waals surface area (Å²) in [6.45, 7) is 3.11. The Morgan fingerprint density at radius 1 is 1.30 bits per heavy atom. The van der Waals surface area contributed by atoms with E-state index in [0.717, 1.165) is 24.9 Å². The van der Waals surface area contributed by atoms with Crippen molar-refractivity contribution in [2.45, 2.75) is 31.8 Å². The Bertz CT molecular complexity index is 658. The number of rotatable bonds is 4. The van der Waals surface area contributed by atoms with Gasteiger partial charge in [-0.25, -0.2) is 5.01 Å². The SMILES string of the molecule is COc1ccc(CN2C(=O)C=C(O)[C@@]3(C)CCCN23)c(OC)c1. The number of methoxy groups -OCH3 is 2. The highest BCUT2D eigenvalue weighted by molar-refractivity contribution is 5.89. The number of nitrogens with zero attached hydrogens (tertiary/aromatic N) is 2. The van der Waals surface area contributed by atoms with E-state index in [1.165, 1.54) is 6.08 Å². The Hall–Kier alpha value is -2.21. The van der Waals surface area contributed by atoms with E-state index in [1.54, 1.807) is 25.3 Å². The predicted molar refractivity (Wildman–Crippen MR) is 85.2 cm³/mol. The molecule has 1 saturated heterocycles. The molecule has 0 saturated carbocycles. The Labute approximate surface area is 135 Å². The van der Waals surface area contributed by atoms with Crippen LogP contribution in [0.5, 0.6) is 11.5 Å². The van der Waals surface area contributed by atoms with Crippen molar-refractivity contribution < 1.29 is 19.4 Å². The van der Waals surface area contributed by atoms with Gasteiger partial charge in [0.15, 0.2) is 0 Å². The maximum Gasteiger partial charge on any atom is 0.264 e. The third kappa shape index (κ3) is 2.53. The van der Waals surface area contributed by atoms with E-state index in [9.17, 15) is 9.90 Å². The lowest BCUT2D eigenvalue weighted by atomic mass is 9.95. The number of aliphatic hydroxyl groups is 1. The molecule has 1 aromatic rings. The zero-order valence-electron chi connectivity index (χ0n) is 13.7. The first-order valence-electron chi connectivity index (χ1n) is 7.70. The second-order valence-corrected chi connectivity index (χ2v) is 6.10. The molecule has 0 spiro atoms. The van der Waals surface area contributed by atoms with Crippen LogP contribution in [0.25, 0.3) is 0 Å². The van der Waals surface area contributed by atoms with Crippen molar-refractivity contribution in [1.29, 1.82) is 0 Å². The van der Waals surface area contributed by atoms with E-state index in [4.69, 9.17) is 9.47 Å². The fraction of sp³-hybridized carbons (Fsp3) is 0.471. The highest BCUT2D eigenvalue weighted by Gasteiger charge is 2.47.